The van der Waals surface area contributed by atoms with Gasteiger partial charge in [-0.3, -0.25) is 19.4 Å². The second-order valence-corrected chi connectivity index (χ2v) is 11.3. The number of aromatic nitrogens is 1. The average Bonchev–Trinajstić information content (AvgIpc) is 3.44. The van der Waals surface area contributed by atoms with Crippen molar-refractivity contribution in [2.24, 2.45) is 0 Å². The van der Waals surface area contributed by atoms with Gasteiger partial charge in [0, 0.05) is 31.0 Å². The number of benzene rings is 3. The number of pyridine rings is 1. The van der Waals surface area contributed by atoms with E-state index in [0.717, 1.165) is 22.3 Å². The van der Waals surface area contributed by atoms with E-state index in [1.807, 2.05) is 43.3 Å². The van der Waals surface area contributed by atoms with Gasteiger partial charge in [0.2, 0.25) is 0 Å². The predicted octanol–water partition coefficient (Wildman–Crippen LogP) is 4.43. The summed E-state index contributed by atoms with van der Waals surface area (Å²) in [5, 5.41) is 6.21. The number of halogens is 1. The fourth-order valence-corrected chi connectivity index (χ4v) is 5.68. The number of methoxy groups -OCH3 is 1. The number of hydrogen-bond acceptors (Lipinski definition) is 7. The summed E-state index contributed by atoms with van der Waals surface area (Å²) in [5.74, 6) is 0.517. The Morgan fingerprint density at radius 2 is 1.91 bits per heavy atom. The summed E-state index contributed by atoms with van der Waals surface area (Å²) in [7, 11) is 1.52. The van der Waals surface area contributed by atoms with E-state index in [1.54, 1.807) is 35.2 Å². The summed E-state index contributed by atoms with van der Waals surface area (Å²) >= 11 is 6.29. The summed E-state index contributed by atoms with van der Waals surface area (Å²) in [6, 6.07) is 19.2. The van der Waals surface area contributed by atoms with Crippen LogP contribution in [0.15, 0.2) is 79.1 Å². The molecule has 3 amide bonds. The third-order valence-corrected chi connectivity index (χ3v) is 8.18. The molecule has 10 nitrogen and oxygen atoms in total. The maximum atomic E-state index is 13.7. The first-order chi connectivity index (χ1) is 21.8. The Labute approximate surface area is 265 Å². The van der Waals surface area contributed by atoms with Crippen LogP contribution in [0, 0.1) is 6.92 Å². The lowest BCUT2D eigenvalue weighted by atomic mass is 9.97. The van der Waals surface area contributed by atoms with Gasteiger partial charge in [0.1, 0.15) is 11.9 Å². The predicted molar refractivity (Wildman–Crippen MR) is 168 cm³/mol. The second kappa shape index (κ2) is 12.9. The summed E-state index contributed by atoms with van der Waals surface area (Å²) in [5.41, 5.74) is 4.20. The van der Waals surface area contributed by atoms with Gasteiger partial charge in [-0.15, -0.1) is 0 Å². The molecule has 3 aliphatic heterocycles. The highest BCUT2D eigenvalue weighted by atomic mass is 35.5. The van der Waals surface area contributed by atoms with Crippen LogP contribution in [-0.4, -0.2) is 66.6 Å². The van der Waals surface area contributed by atoms with Crippen LogP contribution in [0.25, 0.3) is 11.1 Å². The molecule has 2 atom stereocenters. The van der Waals surface area contributed by atoms with Crippen LogP contribution in [0.1, 0.15) is 31.8 Å². The minimum Gasteiger partial charge on any atom is -0.493 e. The van der Waals surface area contributed by atoms with Crippen LogP contribution in [0.2, 0.25) is 5.02 Å². The van der Waals surface area contributed by atoms with Crippen LogP contribution in [0.4, 0.5) is 0 Å². The SMILES string of the molecule is COc1cc2ccc1O[C@H]1CN(C(=O)c3ccncc3Cl)C[C@@H]1NC(=O)c1ccc(C)c(c1)-c1cccc(c1)OCC(=O)NC2. The van der Waals surface area contributed by atoms with Crippen LogP contribution in [-0.2, 0) is 11.3 Å². The average molecular weight is 627 g/mol. The van der Waals surface area contributed by atoms with Gasteiger partial charge < -0.3 is 29.7 Å². The van der Waals surface area contributed by atoms with Crippen LogP contribution >= 0.6 is 11.6 Å². The number of likely N-dealkylation sites (tertiary alicyclic amines) is 1. The number of carbonyl (C=O) groups is 3. The van der Waals surface area contributed by atoms with Gasteiger partial charge in [-0.25, -0.2) is 0 Å². The number of nitrogens with zero attached hydrogens (tertiary/aromatic N) is 2. The zero-order valence-corrected chi connectivity index (χ0v) is 25.5. The Balaban J connectivity index is 1.37. The molecule has 0 unspecified atom stereocenters. The standard InChI is InChI=1S/C34H31ClN4O6/c1-20-6-8-23-14-26(20)22-4-3-5-24(13-22)44-19-32(40)37-15-21-7-9-29(30(12-21)43-2)45-31-18-39(17-28(31)38-33(23)41)34(42)25-10-11-36-16-27(25)35/h3-14,16,28,31H,15,17-19H2,1-2H3,(H,37,40)(H,38,41)/t28-,31-/m0/s1. The van der Waals surface area contributed by atoms with Crippen molar-refractivity contribution in [1.29, 1.82) is 0 Å². The van der Waals surface area contributed by atoms with E-state index in [1.165, 1.54) is 19.5 Å². The van der Waals surface area contributed by atoms with E-state index in [2.05, 4.69) is 15.6 Å². The van der Waals surface area contributed by atoms with Crippen molar-refractivity contribution in [2.45, 2.75) is 25.6 Å². The highest BCUT2D eigenvalue weighted by molar-refractivity contribution is 6.33. The highest BCUT2D eigenvalue weighted by Gasteiger charge is 2.39. The second-order valence-electron chi connectivity index (χ2n) is 10.9. The maximum Gasteiger partial charge on any atom is 0.258 e. The summed E-state index contributed by atoms with van der Waals surface area (Å²) in [4.78, 5) is 45.4. The Hall–Kier alpha value is -5.09. The molecule has 230 valence electrons. The first-order valence-electron chi connectivity index (χ1n) is 14.4. The van der Waals surface area contributed by atoms with E-state index in [-0.39, 0.29) is 49.0 Å². The van der Waals surface area contributed by atoms with Crippen LogP contribution < -0.4 is 24.8 Å². The lowest BCUT2D eigenvalue weighted by molar-refractivity contribution is -0.123. The monoisotopic (exact) mass is 626 g/mol. The molecule has 11 heteroatoms. The van der Waals surface area contributed by atoms with E-state index in [0.29, 0.717) is 28.4 Å². The fraction of sp³-hybridized carbons (Fsp3) is 0.235. The number of rotatable bonds is 2. The molecule has 1 saturated heterocycles. The first-order valence-corrected chi connectivity index (χ1v) is 14.8. The van der Waals surface area contributed by atoms with Crippen LogP contribution in [0.5, 0.6) is 17.2 Å². The number of fused-ring (bicyclic) bond motifs is 7. The largest absolute Gasteiger partial charge is 0.493 e. The molecule has 3 aliphatic rings. The van der Waals surface area contributed by atoms with Crippen molar-refractivity contribution < 1.29 is 28.6 Å². The Morgan fingerprint density at radius 3 is 2.73 bits per heavy atom. The fourth-order valence-electron chi connectivity index (χ4n) is 5.48. The molecule has 2 N–H and O–H groups in total. The molecule has 3 aromatic carbocycles. The normalized spacial score (nSPS) is 18.2. The molecule has 0 radical (unpaired) electrons. The van der Waals surface area contributed by atoms with Crippen LogP contribution in [0.3, 0.4) is 0 Å². The zero-order valence-electron chi connectivity index (χ0n) is 24.7. The van der Waals surface area contributed by atoms with Gasteiger partial charge in [-0.05, 0) is 71.6 Å². The minimum absolute atomic E-state index is 0.161. The van der Waals surface area contributed by atoms with Gasteiger partial charge in [-0.1, -0.05) is 35.9 Å². The molecule has 0 aliphatic carbocycles. The lowest BCUT2D eigenvalue weighted by Crippen LogP contribution is -2.45. The van der Waals surface area contributed by atoms with Gasteiger partial charge >= 0.3 is 0 Å². The molecule has 1 fully saturated rings. The van der Waals surface area contributed by atoms with E-state index in [9.17, 15) is 14.4 Å². The molecule has 0 saturated carbocycles. The highest BCUT2D eigenvalue weighted by Crippen LogP contribution is 2.32. The molecule has 7 rings (SSSR count). The molecule has 1 aromatic heterocycles. The Bertz CT molecular complexity index is 1780. The number of nitrogens with one attached hydrogen (secondary N) is 2. The van der Waals surface area contributed by atoms with Crippen molar-refractivity contribution in [2.75, 3.05) is 26.8 Å². The summed E-state index contributed by atoms with van der Waals surface area (Å²) in [6.45, 7) is 2.44. The molecule has 4 aromatic rings. The number of aryl methyl sites for hydroxylation is 1. The van der Waals surface area contributed by atoms with Crippen molar-refractivity contribution >= 4 is 29.3 Å². The smallest absolute Gasteiger partial charge is 0.258 e. The van der Waals surface area contributed by atoms with E-state index >= 15 is 0 Å². The van der Waals surface area contributed by atoms with Crippen molar-refractivity contribution in [3.05, 3.63) is 106 Å². The van der Waals surface area contributed by atoms with E-state index in [4.69, 9.17) is 25.8 Å². The third-order valence-electron chi connectivity index (χ3n) is 7.88. The summed E-state index contributed by atoms with van der Waals surface area (Å²) < 4.78 is 17.8. The molecule has 0 spiro atoms. The molecular weight excluding hydrogens is 596 g/mol. The van der Waals surface area contributed by atoms with Gasteiger partial charge in [0.25, 0.3) is 17.7 Å². The molecule has 4 heterocycles. The quantitative estimate of drug-likeness (QED) is 0.338. The number of ether oxygens (including phenoxy) is 3. The van der Waals surface area contributed by atoms with Gasteiger partial charge in [0.15, 0.2) is 18.1 Å². The topological polar surface area (TPSA) is 119 Å². The Kier molecular flexibility index (Phi) is 8.57. The lowest BCUT2D eigenvalue weighted by Gasteiger charge is -2.23. The van der Waals surface area contributed by atoms with Crippen molar-refractivity contribution in [1.82, 2.24) is 20.5 Å². The van der Waals surface area contributed by atoms with Crippen molar-refractivity contribution in [3.8, 4) is 28.4 Å². The number of hydrogen-bond donors (Lipinski definition) is 2. The van der Waals surface area contributed by atoms with E-state index < -0.39 is 12.1 Å². The molecule has 6 bridgehead atoms. The summed E-state index contributed by atoms with van der Waals surface area (Å²) in [6.07, 6.45) is 2.32. The van der Waals surface area contributed by atoms with Gasteiger partial charge in [-0.2, -0.15) is 0 Å². The minimum atomic E-state index is -0.609. The molecule has 45 heavy (non-hydrogen) atoms. The van der Waals surface area contributed by atoms with Gasteiger partial charge in [0.05, 0.1) is 30.3 Å². The number of carbonyl (C=O) groups excluding carboxylic acids is 3. The first kappa shape index (κ1) is 30.0. The zero-order chi connectivity index (χ0) is 31.5. The molecular formula is C34H31ClN4O6. The van der Waals surface area contributed by atoms with Crippen molar-refractivity contribution in [3.63, 3.8) is 0 Å². The number of amides is 3. The Morgan fingerprint density at radius 1 is 1.04 bits per heavy atom. The maximum absolute atomic E-state index is 13.7. The third kappa shape index (κ3) is 6.56.